The summed E-state index contributed by atoms with van der Waals surface area (Å²) in [6.07, 6.45) is -0.719. The summed E-state index contributed by atoms with van der Waals surface area (Å²) < 4.78 is 10.5. The summed E-state index contributed by atoms with van der Waals surface area (Å²) in [7, 11) is 0. The maximum absolute atomic E-state index is 12.1. The first-order valence-corrected chi connectivity index (χ1v) is 8.05. The average molecular weight is 348 g/mol. The Morgan fingerprint density at radius 2 is 2.00 bits per heavy atom. The van der Waals surface area contributed by atoms with Crippen LogP contribution in [0.15, 0.2) is 34.9 Å². The third-order valence-electron chi connectivity index (χ3n) is 3.46. The number of anilines is 1. The molecule has 1 heterocycles. The number of aliphatic hydroxyl groups is 2. The molecule has 0 fully saturated rings. The van der Waals surface area contributed by atoms with E-state index >= 15 is 0 Å². The molecule has 1 unspecified atom stereocenters. The molecule has 0 aliphatic heterocycles. The maximum atomic E-state index is 12.1. The summed E-state index contributed by atoms with van der Waals surface area (Å²) >= 11 is 0. The van der Waals surface area contributed by atoms with Gasteiger partial charge in [-0.05, 0) is 17.7 Å². The molecule has 1 aromatic carbocycles. The van der Waals surface area contributed by atoms with Gasteiger partial charge in [0.2, 0.25) is 5.91 Å². The summed E-state index contributed by atoms with van der Waals surface area (Å²) in [6, 6.07) is 8.68. The van der Waals surface area contributed by atoms with Crippen molar-refractivity contribution in [3.63, 3.8) is 0 Å². The second kappa shape index (κ2) is 8.13. The lowest BCUT2D eigenvalue weighted by molar-refractivity contribution is -0.115. The van der Waals surface area contributed by atoms with Crippen molar-refractivity contribution < 1.29 is 24.3 Å². The molecule has 1 aromatic heterocycles. The van der Waals surface area contributed by atoms with Crippen molar-refractivity contribution in [1.29, 1.82) is 0 Å². The van der Waals surface area contributed by atoms with Crippen molar-refractivity contribution in [3.05, 3.63) is 41.7 Å². The minimum Gasteiger partial charge on any atom is -0.491 e. The zero-order valence-corrected chi connectivity index (χ0v) is 14.7. The standard InChI is InChI=1S/C18H24N2O5/c1-18(2,3)15-9-16(20-25-15)19-17(23)8-12-4-6-14(7-5-12)24-11-13(22)10-21/h4-7,9,13,21-22H,8,10-11H2,1-3H3,(H,19,20,23). The first-order chi connectivity index (χ1) is 11.8. The molecular formula is C18H24N2O5. The van der Waals surface area contributed by atoms with Crippen LogP contribution in [0.4, 0.5) is 5.82 Å². The molecule has 0 aliphatic rings. The Morgan fingerprint density at radius 3 is 2.56 bits per heavy atom. The molecule has 1 amide bonds. The second-order valence-electron chi connectivity index (χ2n) is 6.84. The second-order valence-corrected chi connectivity index (χ2v) is 6.84. The zero-order chi connectivity index (χ0) is 18.4. The minimum absolute atomic E-state index is 0.0125. The lowest BCUT2D eigenvalue weighted by atomic mass is 9.93. The van der Waals surface area contributed by atoms with Crippen molar-refractivity contribution >= 4 is 11.7 Å². The fraction of sp³-hybridized carbons (Fsp3) is 0.444. The summed E-state index contributed by atoms with van der Waals surface area (Å²) in [6.45, 7) is 5.67. The number of amides is 1. The summed E-state index contributed by atoms with van der Waals surface area (Å²) in [4.78, 5) is 12.1. The molecule has 1 atom stereocenters. The van der Waals surface area contributed by atoms with Gasteiger partial charge in [0.25, 0.3) is 0 Å². The smallest absolute Gasteiger partial charge is 0.230 e. The lowest BCUT2D eigenvalue weighted by Gasteiger charge is -2.12. The van der Waals surface area contributed by atoms with E-state index in [4.69, 9.17) is 14.4 Å². The van der Waals surface area contributed by atoms with Gasteiger partial charge in [-0.25, -0.2) is 0 Å². The van der Waals surface area contributed by atoms with Gasteiger partial charge >= 0.3 is 0 Å². The van der Waals surface area contributed by atoms with Crippen LogP contribution >= 0.6 is 0 Å². The normalized spacial score (nSPS) is 12.7. The van der Waals surface area contributed by atoms with Crippen molar-refractivity contribution in [2.75, 3.05) is 18.5 Å². The number of aromatic nitrogens is 1. The molecule has 7 heteroatoms. The van der Waals surface area contributed by atoms with Gasteiger partial charge in [0, 0.05) is 11.5 Å². The Balaban J connectivity index is 1.87. The van der Waals surface area contributed by atoms with E-state index < -0.39 is 6.10 Å². The van der Waals surface area contributed by atoms with Crippen LogP contribution < -0.4 is 10.1 Å². The van der Waals surface area contributed by atoms with Gasteiger partial charge < -0.3 is 24.8 Å². The van der Waals surface area contributed by atoms with Gasteiger partial charge in [0.05, 0.1) is 13.0 Å². The molecule has 2 rings (SSSR count). The van der Waals surface area contributed by atoms with Gasteiger partial charge in [0.1, 0.15) is 24.2 Å². The number of hydrogen-bond donors (Lipinski definition) is 3. The van der Waals surface area contributed by atoms with Crippen molar-refractivity contribution in [1.82, 2.24) is 5.16 Å². The number of hydrogen-bond acceptors (Lipinski definition) is 6. The number of nitrogens with one attached hydrogen (secondary N) is 1. The van der Waals surface area contributed by atoms with E-state index in [2.05, 4.69) is 10.5 Å². The van der Waals surface area contributed by atoms with Crippen LogP contribution in [0.25, 0.3) is 0 Å². The number of aliphatic hydroxyl groups excluding tert-OH is 2. The Bertz CT molecular complexity index is 688. The topological polar surface area (TPSA) is 105 Å². The highest BCUT2D eigenvalue weighted by Crippen LogP contribution is 2.24. The Labute approximate surface area is 146 Å². The lowest BCUT2D eigenvalue weighted by Crippen LogP contribution is -2.21. The number of benzene rings is 1. The highest BCUT2D eigenvalue weighted by Gasteiger charge is 2.20. The van der Waals surface area contributed by atoms with E-state index in [0.29, 0.717) is 17.3 Å². The van der Waals surface area contributed by atoms with Gasteiger partial charge in [-0.15, -0.1) is 0 Å². The molecule has 0 bridgehead atoms. The first kappa shape index (κ1) is 19.0. The predicted octanol–water partition coefficient (Wildman–Crippen LogP) is 1.89. The highest BCUT2D eigenvalue weighted by molar-refractivity contribution is 5.91. The average Bonchev–Trinajstić information content (AvgIpc) is 3.02. The van der Waals surface area contributed by atoms with Gasteiger partial charge in [-0.1, -0.05) is 38.1 Å². The monoisotopic (exact) mass is 348 g/mol. The van der Waals surface area contributed by atoms with Gasteiger partial charge in [-0.2, -0.15) is 0 Å². The van der Waals surface area contributed by atoms with Gasteiger partial charge in [-0.3, -0.25) is 4.79 Å². The van der Waals surface area contributed by atoms with E-state index in [9.17, 15) is 9.90 Å². The van der Waals surface area contributed by atoms with Gasteiger partial charge in [0.15, 0.2) is 5.82 Å². The van der Waals surface area contributed by atoms with Crippen molar-refractivity contribution in [3.8, 4) is 5.75 Å². The van der Waals surface area contributed by atoms with Crippen LogP contribution in [0, 0.1) is 0 Å². The van der Waals surface area contributed by atoms with Crippen LogP contribution in [0.2, 0.25) is 0 Å². The van der Waals surface area contributed by atoms with E-state index in [1.54, 1.807) is 30.3 Å². The van der Waals surface area contributed by atoms with Crippen LogP contribution in [-0.4, -0.2) is 40.6 Å². The highest BCUT2D eigenvalue weighted by atomic mass is 16.5. The van der Waals surface area contributed by atoms with Crippen molar-refractivity contribution in [2.24, 2.45) is 0 Å². The number of nitrogens with zero attached hydrogens (tertiary/aromatic N) is 1. The Morgan fingerprint density at radius 1 is 1.32 bits per heavy atom. The predicted molar refractivity (Wildman–Crippen MR) is 92.6 cm³/mol. The summed E-state index contributed by atoms with van der Waals surface area (Å²) in [5.41, 5.74) is 0.641. The zero-order valence-electron chi connectivity index (χ0n) is 14.7. The van der Waals surface area contributed by atoms with E-state index in [0.717, 1.165) is 5.56 Å². The van der Waals surface area contributed by atoms with E-state index in [1.807, 2.05) is 20.8 Å². The third-order valence-corrected chi connectivity index (χ3v) is 3.46. The Kier molecular flexibility index (Phi) is 6.17. The molecule has 0 radical (unpaired) electrons. The van der Waals surface area contributed by atoms with Crippen molar-refractivity contribution in [2.45, 2.75) is 38.7 Å². The summed E-state index contributed by atoms with van der Waals surface area (Å²) in [5.74, 6) is 1.46. The van der Waals surface area contributed by atoms with Crippen LogP contribution in [0.5, 0.6) is 5.75 Å². The number of rotatable bonds is 7. The molecule has 2 aromatic rings. The fourth-order valence-corrected chi connectivity index (χ4v) is 2.01. The fourth-order valence-electron chi connectivity index (χ4n) is 2.01. The maximum Gasteiger partial charge on any atom is 0.230 e. The molecule has 0 aliphatic carbocycles. The number of carbonyl (C=O) groups is 1. The molecular weight excluding hydrogens is 324 g/mol. The molecule has 136 valence electrons. The quantitative estimate of drug-likeness (QED) is 0.706. The van der Waals surface area contributed by atoms with Crippen LogP contribution in [0.1, 0.15) is 32.1 Å². The molecule has 7 nitrogen and oxygen atoms in total. The Hall–Kier alpha value is -2.38. The van der Waals surface area contributed by atoms with Crippen LogP contribution in [-0.2, 0) is 16.6 Å². The SMILES string of the molecule is CC(C)(C)c1cc(NC(=O)Cc2ccc(OCC(O)CO)cc2)no1. The largest absolute Gasteiger partial charge is 0.491 e. The van der Waals surface area contributed by atoms with E-state index in [1.165, 1.54) is 0 Å². The first-order valence-electron chi connectivity index (χ1n) is 8.05. The molecule has 3 N–H and O–H groups in total. The van der Waals surface area contributed by atoms with Crippen LogP contribution in [0.3, 0.4) is 0 Å². The number of carbonyl (C=O) groups excluding carboxylic acids is 1. The third kappa shape index (κ3) is 5.88. The molecule has 0 saturated carbocycles. The molecule has 0 spiro atoms. The van der Waals surface area contributed by atoms with E-state index in [-0.39, 0.29) is 31.0 Å². The minimum atomic E-state index is -0.911. The molecule has 25 heavy (non-hydrogen) atoms. The molecule has 0 saturated heterocycles. The summed E-state index contributed by atoms with van der Waals surface area (Å²) in [5, 5.41) is 24.5. The number of ether oxygens (including phenoxy) is 1.